The number of rotatable bonds is 6. The topological polar surface area (TPSA) is 59.1 Å². The minimum atomic E-state index is -0.166. The Kier molecular flexibility index (Phi) is 5.58. The summed E-state index contributed by atoms with van der Waals surface area (Å²) in [5, 5.41) is 0. The van der Waals surface area contributed by atoms with Gasteiger partial charge in [-0.1, -0.05) is 25.8 Å². The zero-order valence-electron chi connectivity index (χ0n) is 16.9. The Bertz CT molecular complexity index is 746. The molecule has 0 spiro atoms. The molecule has 2 fully saturated rings. The molecule has 152 valence electrons. The first-order valence-electron chi connectivity index (χ1n) is 10.5. The van der Waals surface area contributed by atoms with Crippen molar-refractivity contribution in [2.24, 2.45) is 5.92 Å². The Hall–Kier alpha value is -2.08. The molecule has 1 aliphatic carbocycles. The fourth-order valence-electron chi connectivity index (χ4n) is 4.11. The van der Waals surface area contributed by atoms with Crippen LogP contribution in [-0.2, 0) is 14.3 Å². The number of morpholine rings is 1. The number of hydrogen-bond donors (Lipinski definition) is 0. The Morgan fingerprint density at radius 1 is 1.25 bits per heavy atom. The third kappa shape index (κ3) is 4.17. The van der Waals surface area contributed by atoms with Crippen molar-refractivity contribution in [1.82, 2.24) is 4.90 Å². The van der Waals surface area contributed by atoms with Gasteiger partial charge in [0.25, 0.3) is 5.91 Å². The van der Waals surface area contributed by atoms with E-state index in [1.54, 1.807) is 4.90 Å². The second-order valence-electron chi connectivity index (χ2n) is 8.31. The zero-order chi connectivity index (χ0) is 19.7. The van der Waals surface area contributed by atoms with Gasteiger partial charge in [-0.05, 0) is 49.8 Å². The SMILES string of the molecule is CCCC[C@@H]1CN(C(=O)CN2C(=O)COc3ccc(C)cc32)C[C@H](C2CC2)O1. The number of amides is 2. The molecule has 2 atom stereocenters. The summed E-state index contributed by atoms with van der Waals surface area (Å²) < 4.78 is 11.8. The Labute approximate surface area is 166 Å². The normalized spacial score (nSPS) is 24.7. The van der Waals surface area contributed by atoms with Crippen molar-refractivity contribution in [3.63, 3.8) is 0 Å². The molecule has 28 heavy (non-hydrogen) atoms. The molecule has 1 saturated heterocycles. The van der Waals surface area contributed by atoms with E-state index >= 15 is 0 Å². The summed E-state index contributed by atoms with van der Waals surface area (Å²) in [5.74, 6) is 1.09. The maximum Gasteiger partial charge on any atom is 0.265 e. The third-order valence-corrected chi connectivity index (χ3v) is 5.92. The van der Waals surface area contributed by atoms with E-state index in [9.17, 15) is 9.59 Å². The minimum absolute atomic E-state index is 0.00171. The Morgan fingerprint density at radius 2 is 2.07 bits per heavy atom. The number of ether oxygens (including phenoxy) is 2. The molecular weight excluding hydrogens is 356 g/mol. The van der Waals surface area contributed by atoms with Crippen LogP contribution in [0.1, 0.15) is 44.6 Å². The number of carbonyl (C=O) groups excluding carboxylic acids is 2. The molecule has 2 amide bonds. The lowest BCUT2D eigenvalue weighted by atomic mass is 10.1. The van der Waals surface area contributed by atoms with Crippen LogP contribution in [0.3, 0.4) is 0 Å². The van der Waals surface area contributed by atoms with Gasteiger partial charge in [-0.3, -0.25) is 14.5 Å². The average molecular weight is 386 g/mol. The van der Waals surface area contributed by atoms with Crippen molar-refractivity contribution in [1.29, 1.82) is 0 Å². The van der Waals surface area contributed by atoms with Crippen LogP contribution in [0.2, 0.25) is 0 Å². The van der Waals surface area contributed by atoms with Gasteiger partial charge >= 0.3 is 0 Å². The number of carbonyl (C=O) groups is 2. The van der Waals surface area contributed by atoms with E-state index in [0.717, 1.165) is 24.8 Å². The lowest BCUT2D eigenvalue weighted by Gasteiger charge is -2.39. The van der Waals surface area contributed by atoms with Crippen LogP contribution >= 0.6 is 0 Å². The molecule has 1 saturated carbocycles. The largest absolute Gasteiger partial charge is 0.482 e. The Morgan fingerprint density at radius 3 is 2.82 bits per heavy atom. The van der Waals surface area contributed by atoms with Crippen LogP contribution < -0.4 is 9.64 Å². The highest BCUT2D eigenvalue weighted by Gasteiger charge is 2.40. The summed E-state index contributed by atoms with van der Waals surface area (Å²) in [6.45, 7) is 5.47. The van der Waals surface area contributed by atoms with Gasteiger partial charge in [0, 0.05) is 13.1 Å². The molecule has 2 aliphatic heterocycles. The van der Waals surface area contributed by atoms with E-state index in [-0.39, 0.29) is 37.2 Å². The van der Waals surface area contributed by atoms with E-state index in [1.165, 1.54) is 12.8 Å². The first-order chi connectivity index (χ1) is 13.5. The van der Waals surface area contributed by atoms with Gasteiger partial charge in [0.15, 0.2) is 6.61 Å². The molecule has 0 N–H and O–H groups in total. The average Bonchev–Trinajstić information content (AvgIpc) is 3.53. The molecule has 0 aromatic heterocycles. The second kappa shape index (κ2) is 8.11. The van der Waals surface area contributed by atoms with Crippen molar-refractivity contribution < 1.29 is 19.1 Å². The first-order valence-corrected chi connectivity index (χ1v) is 10.5. The van der Waals surface area contributed by atoms with E-state index in [0.29, 0.717) is 30.4 Å². The van der Waals surface area contributed by atoms with Gasteiger partial charge in [-0.25, -0.2) is 0 Å². The quantitative estimate of drug-likeness (QED) is 0.754. The second-order valence-corrected chi connectivity index (χ2v) is 8.31. The van der Waals surface area contributed by atoms with Crippen LogP contribution in [0.4, 0.5) is 5.69 Å². The maximum atomic E-state index is 13.2. The minimum Gasteiger partial charge on any atom is -0.482 e. The summed E-state index contributed by atoms with van der Waals surface area (Å²) in [6.07, 6.45) is 5.87. The van der Waals surface area contributed by atoms with E-state index in [4.69, 9.17) is 9.47 Å². The first kappa shape index (κ1) is 19.2. The maximum absolute atomic E-state index is 13.2. The lowest BCUT2D eigenvalue weighted by molar-refractivity contribution is -0.147. The van der Waals surface area contributed by atoms with Crippen molar-refractivity contribution in [3.05, 3.63) is 23.8 Å². The molecule has 6 nitrogen and oxygen atoms in total. The molecule has 6 heteroatoms. The zero-order valence-corrected chi connectivity index (χ0v) is 16.9. The van der Waals surface area contributed by atoms with Crippen LogP contribution in [0.25, 0.3) is 0 Å². The number of unbranched alkanes of at least 4 members (excludes halogenated alkanes) is 1. The Balaban J connectivity index is 1.47. The molecule has 1 aromatic carbocycles. The predicted octanol–water partition coefficient (Wildman–Crippen LogP) is 2.92. The number of hydrogen-bond acceptors (Lipinski definition) is 4. The highest BCUT2D eigenvalue weighted by atomic mass is 16.5. The summed E-state index contributed by atoms with van der Waals surface area (Å²) in [7, 11) is 0. The molecule has 4 rings (SSSR count). The van der Waals surface area contributed by atoms with Gasteiger partial charge in [0.1, 0.15) is 12.3 Å². The van der Waals surface area contributed by atoms with Gasteiger partial charge < -0.3 is 14.4 Å². The smallest absolute Gasteiger partial charge is 0.265 e. The van der Waals surface area contributed by atoms with E-state index in [2.05, 4.69) is 6.92 Å². The van der Waals surface area contributed by atoms with Gasteiger partial charge in [-0.2, -0.15) is 0 Å². The van der Waals surface area contributed by atoms with Crippen LogP contribution in [0, 0.1) is 12.8 Å². The van der Waals surface area contributed by atoms with Gasteiger partial charge in [0.05, 0.1) is 17.9 Å². The molecular formula is C22H30N2O4. The number of fused-ring (bicyclic) bond motifs is 1. The van der Waals surface area contributed by atoms with Crippen molar-refractivity contribution in [2.45, 2.75) is 58.2 Å². The number of aryl methyl sites for hydroxylation is 1. The summed E-state index contributed by atoms with van der Waals surface area (Å²) in [5.41, 5.74) is 1.73. The monoisotopic (exact) mass is 386 g/mol. The highest BCUT2D eigenvalue weighted by Crippen LogP contribution is 2.37. The van der Waals surface area contributed by atoms with Crippen LogP contribution in [-0.4, -0.2) is 55.2 Å². The van der Waals surface area contributed by atoms with Gasteiger partial charge in [-0.15, -0.1) is 0 Å². The lowest BCUT2D eigenvalue weighted by Crippen LogP contribution is -2.54. The third-order valence-electron chi connectivity index (χ3n) is 5.92. The number of anilines is 1. The van der Waals surface area contributed by atoms with Crippen LogP contribution in [0.5, 0.6) is 5.75 Å². The van der Waals surface area contributed by atoms with E-state index < -0.39 is 0 Å². The summed E-state index contributed by atoms with van der Waals surface area (Å²) >= 11 is 0. The van der Waals surface area contributed by atoms with Gasteiger partial charge in [0.2, 0.25) is 5.91 Å². The molecule has 0 bridgehead atoms. The summed E-state index contributed by atoms with van der Waals surface area (Å²) in [4.78, 5) is 29.1. The van der Waals surface area contributed by atoms with Crippen molar-refractivity contribution >= 4 is 17.5 Å². The molecule has 3 aliphatic rings. The fraction of sp³-hybridized carbons (Fsp3) is 0.636. The predicted molar refractivity (Wildman–Crippen MR) is 107 cm³/mol. The summed E-state index contributed by atoms with van der Waals surface area (Å²) in [6, 6.07) is 5.73. The molecule has 0 unspecified atom stereocenters. The molecule has 2 heterocycles. The molecule has 1 aromatic rings. The van der Waals surface area contributed by atoms with Crippen molar-refractivity contribution in [2.75, 3.05) is 31.1 Å². The van der Waals surface area contributed by atoms with Crippen LogP contribution in [0.15, 0.2) is 18.2 Å². The van der Waals surface area contributed by atoms with Crippen molar-refractivity contribution in [3.8, 4) is 5.75 Å². The fourth-order valence-corrected chi connectivity index (χ4v) is 4.11. The number of benzene rings is 1. The number of nitrogens with zero attached hydrogens (tertiary/aromatic N) is 2. The molecule has 0 radical (unpaired) electrons. The standard InChI is InChI=1S/C22H30N2O4/c1-3-4-5-17-11-23(12-20(28-17)16-7-8-16)21(25)13-24-18-10-15(2)6-9-19(18)27-14-22(24)26/h6,9-10,16-17,20H,3-5,7-8,11-14H2,1-2H3/t17-,20-/m1/s1. The van der Waals surface area contributed by atoms with E-state index in [1.807, 2.05) is 30.0 Å². The highest BCUT2D eigenvalue weighted by molar-refractivity contribution is 6.02.